The van der Waals surface area contributed by atoms with Crippen LogP contribution in [0.15, 0.2) is 30.5 Å². The number of nitrogens with zero attached hydrogens (tertiary/aromatic N) is 1. The van der Waals surface area contributed by atoms with Gasteiger partial charge in [-0.3, -0.25) is 9.78 Å². The van der Waals surface area contributed by atoms with Gasteiger partial charge in [0.15, 0.2) is 0 Å². The molecule has 0 atom stereocenters. The summed E-state index contributed by atoms with van der Waals surface area (Å²) in [6, 6.07) is 7.28. The van der Waals surface area contributed by atoms with Crippen LogP contribution < -0.4 is 5.32 Å². The van der Waals surface area contributed by atoms with Gasteiger partial charge in [0.2, 0.25) is 5.91 Å². The van der Waals surface area contributed by atoms with E-state index in [0.29, 0.717) is 22.5 Å². The van der Waals surface area contributed by atoms with Crippen molar-refractivity contribution < 1.29 is 4.79 Å². The number of halogens is 2. The Labute approximate surface area is 112 Å². The van der Waals surface area contributed by atoms with Crippen molar-refractivity contribution >= 4 is 50.0 Å². The first-order chi connectivity index (χ1) is 8.20. The molecule has 0 bridgehead atoms. The zero-order valence-electron chi connectivity index (χ0n) is 8.91. The highest BCUT2D eigenvalue weighted by Gasteiger charge is 2.07. The molecule has 0 spiro atoms. The SMILES string of the molecule is O=C(CCBr)Nc1cc(Cl)cc2cccnc12. The normalized spacial score (nSPS) is 10.5. The van der Waals surface area contributed by atoms with Gasteiger partial charge in [0.1, 0.15) is 0 Å². The number of carbonyl (C=O) groups excluding carboxylic acids is 1. The first kappa shape index (κ1) is 12.3. The van der Waals surface area contributed by atoms with Crippen LogP contribution in [0, 0.1) is 0 Å². The first-order valence-electron chi connectivity index (χ1n) is 5.11. The van der Waals surface area contributed by atoms with Gasteiger partial charge < -0.3 is 5.32 Å². The van der Waals surface area contributed by atoms with Crippen molar-refractivity contribution in [3.8, 4) is 0 Å². The zero-order chi connectivity index (χ0) is 12.3. The summed E-state index contributed by atoms with van der Waals surface area (Å²) in [6.07, 6.45) is 2.11. The van der Waals surface area contributed by atoms with Gasteiger partial charge in [-0.1, -0.05) is 33.6 Å². The molecule has 2 rings (SSSR count). The Bertz CT molecular complexity index is 559. The quantitative estimate of drug-likeness (QED) is 0.880. The molecule has 1 heterocycles. The summed E-state index contributed by atoms with van der Waals surface area (Å²) in [5.41, 5.74) is 1.40. The predicted octanol–water partition coefficient (Wildman–Crippen LogP) is 3.61. The van der Waals surface area contributed by atoms with E-state index in [2.05, 4.69) is 26.2 Å². The molecule has 0 aliphatic carbocycles. The Morgan fingerprint density at radius 2 is 2.29 bits per heavy atom. The van der Waals surface area contributed by atoms with Crippen LogP contribution in [0.1, 0.15) is 6.42 Å². The average molecular weight is 314 g/mol. The number of rotatable bonds is 3. The van der Waals surface area contributed by atoms with E-state index in [1.165, 1.54) is 0 Å². The standard InChI is InChI=1S/C12H10BrClN2O/c13-4-3-11(17)16-10-7-9(14)6-8-2-1-5-15-12(8)10/h1-2,5-7H,3-4H2,(H,16,17). The van der Waals surface area contributed by atoms with Crippen LogP contribution in [0.5, 0.6) is 0 Å². The Morgan fingerprint density at radius 3 is 3.06 bits per heavy atom. The van der Waals surface area contributed by atoms with E-state index in [1.54, 1.807) is 12.3 Å². The van der Waals surface area contributed by atoms with Crippen LogP contribution in [-0.2, 0) is 4.79 Å². The molecule has 0 saturated carbocycles. The van der Waals surface area contributed by atoms with E-state index in [4.69, 9.17) is 11.6 Å². The Balaban J connectivity index is 2.42. The van der Waals surface area contributed by atoms with Crippen molar-refractivity contribution in [3.05, 3.63) is 35.5 Å². The molecule has 0 fully saturated rings. The highest BCUT2D eigenvalue weighted by Crippen LogP contribution is 2.26. The lowest BCUT2D eigenvalue weighted by Gasteiger charge is -2.08. The number of hydrogen-bond acceptors (Lipinski definition) is 2. The summed E-state index contributed by atoms with van der Waals surface area (Å²) in [5, 5.41) is 4.93. The number of carbonyl (C=O) groups is 1. The number of nitrogens with one attached hydrogen (secondary N) is 1. The lowest BCUT2D eigenvalue weighted by atomic mass is 10.2. The monoisotopic (exact) mass is 312 g/mol. The van der Waals surface area contributed by atoms with Gasteiger partial charge in [-0.05, 0) is 18.2 Å². The molecular weight excluding hydrogens is 304 g/mol. The molecule has 1 N–H and O–H groups in total. The second kappa shape index (κ2) is 5.47. The molecule has 0 unspecified atom stereocenters. The first-order valence-corrected chi connectivity index (χ1v) is 6.61. The summed E-state index contributed by atoms with van der Waals surface area (Å²) < 4.78 is 0. The summed E-state index contributed by atoms with van der Waals surface area (Å²) in [6.45, 7) is 0. The summed E-state index contributed by atoms with van der Waals surface area (Å²) in [4.78, 5) is 15.8. The van der Waals surface area contributed by atoms with E-state index in [-0.39, 0.29) is 5.91 Å². The third kappa shape index (κ3) is 2.96. The molecule has 1 aromatic heterocycles. The second-order valence-corrected chi connectivity index (χ2v) is 4.75. The van der Waals surface area contributed by atoms with Crippen molar-refractivity contribution in [2.75, 3.05) is 10.6 Å². The fourth-order valence-corrected chi connectivity index (χ4v) is 2.14. The van der Waals surface area contributed by atoms with Crippen molar-refractivity contribution in [3.63, 3.8) is 0 Å². The number of aromatic nitrogens is 1. The second-order valence-electron chi connectivity index (χ2n) is 3.52. The molecular formula is C12H10BrClN2O. The van der Waals surface area contributed by atoms with Gasteiger partial charge in [0, 0.05) is 28.4 Å². The minimum absolute atomic E-state index is 0.0592. The summed E-state index contributed by atoms with van der Waals surface area (Å²) in [7, 11) is 0. The van der Waals surface area contributed by atoms with Crippen LogP contribution >= 0.6 is 27.5 Å². The van der Waals surface area contributed by atoms with Crippen molar-refractivity contribution in [2.24, 2.45) is 0 Å². The molecule has 88 valence electrons. The van der Waals surface area contributed by atoms with E-state index in [9.17, 15) is 4.79 Å². The van der Waals surface area contributed by atoms with Gasteiger partial charge in [0.05, 0.1) is 11.2 Å². The fraction of sp³-hybridized carbons (Fsp3) is 0.167. The van der Waals surface area contributed by atoms with E-state index in [0.717, 1.165) is 10.9 Å². The van der Waals surface area contributed by atoms with Gasteiger partial charge in [0.25, 0.3) is 0 Å². The lowest BCUT2D eigenvalue weighted by molar-refractivity contribution is -0.115. The van der Waals surface area contributed by atoms with Crippen LogP contribution in [0.4, 0.5) is 5.69 Å². The van der Waals surface area contributed by atoms with Crippen molar-refractivity contribution in [1.82, 2.24) is 4.98 Å². The highest BCUT2D eigenvalue weighted by molar-refractivity contribution is 9.09. The van der Waals surface area contributed by atoms with Gasteiger partial charge in [-0.15, -0.1) is 0 Å². The molecule has 0 saturated heterocycles. The maximum Gasteiger partial charge on any atom is 0.225 e. The number of amides is 1. The van der Waals surface area contributed by atoms with Crippen molar-refractivity contribution in [2.45, 2.75) is 6.42 Å². The average Bonchev–Trinajstić information content (AvgIpc) is 2.29. The fourth-order valence-electron chi connectivity index (χ4n) is 1.55. The number of fused-ring (bicyclic) bond motifs is 1. The minimum Gasteiger partial charge on any atom is -0.324 e. The van der Waals surface area contributed by atoms with Crippen molar-refractivity contribution in [1.29, 1.82) is 0 Å². The lowest BCUT2D eigenvalue weighted by Crippen LogP contribution is -2.12. The molecule has 0 aliphatic heterocycles. The maximum absolute atomic E-state index is 11.6. The van der Waals surface area contributed by atoms with Crippen LogP contribution in [0.25, 0.3) is 10.9 Å². The molecule has 2 aromatic rings. The molecule has 0 aliphatic rings. The molecule has 1 amide bonds. The highest BCUT2D eigenvalue weighted by atomic mass is 79.9. The van der Waals surface area contributed by atoms with Gasteiger partial charge in [-0.2, -0.15) is 0 Å². The van der Waals surface area contributed by atoms with Crippen LogP contribution in [0.3, 0.4) is 0 Å². The zero-order valence-corrected chi connectivity index (χ0v) is 11.3. The Morgan fingerprint density at radius 1 is 1.47 bits per heavy atom. The number of hydrogen-bond donors (Lipinski definition) is 1. The van der Waals surface area contributed by atoms with E-state index >= 15 is 0 Å². The van der Waals surface area contributed by atoms with Gasteiger partial charge in [-0.25, -0.2) is 0 Å². The third-order valence-corrected chi connectivity index (χ3v) is 2.88. The number of alkyl halides is 1. The molecule has 5 heteroatoms. The largest absolute Gasteiger partial charge is 0.324 e. The number of pyridine rings is 1. The topological polar surface area (TPSA) is 42.0 Å². The number of anilines is 1. The Kier molecular flexibility index (Phi) is 3.97. The molecule has 1 aromatic carbocycles. The Hall–Kier alpha value is -1.13. The van der Waals surface area contributed by atoms with E-state index < -0.39 is 0 Å². The van der Waals surface area contributed by atoms with Gasteiger partial charge >= 0.3 is 0 Å². The molecule has 3 nitrogen and oxygen atoms in total. The summed E-state index contributed by atoms with van der Waals surface area (Å²) in [5.74, 6) is -0.0592. The summed E-state index contributed by atoms with van der Waals surface area (Å²) >= 11 is 9.22. The number of benzene rings is 1. The predicted molar refractivity (Wildman–Crippen MR) is 73.8 cm³/mol. The van der Waals surface area contributed by atoms with E-state index in [1.807, 2.05) is 18.2 Å². The molecule has 17 heavy (non-hydrogen) atoms. The van der Waals surface area contributed by atoms with Crippen LogP contribution in [0.2, 0.25) is 5.02 Å². The maximum atomic E-state index is 11.6. The molecule has 0 radical (unpaired) electrons. The minimum atomic E-state index is -0.0592. The third-order valence-electron chi connectivity index (χ3n) is 2.27. The van der Waals surface area contributed by atoms with Crippen LogP contribution in [-0.4, -0.2) is 16.2 Å². The smallest absolute Gasteiger partial charge is 0.225 e.